The predicted molar refractivity (Wildman–Crippen MR) is 76.0 cm³/mol. The summed E-state index contributed by atoms with van der Waals surface area (Å²) in [6.07, 6.45) is 2.40. The van der Waals surface area contributed by atoms with Crippen molar-refractivity contribution in [1.82, 2.24) is 4.90 Å². The lowest BCUT2D eigenvalue weighted by molar-refractivity contribution is -0.144. The van der Waals surface area contributed by atoms with Crippen molar-refractivity contribution in [2.75, 3.05) is 13.2 Å². The molecule has 1 saturated carbocycles. The van der Waals surface area contributed by atoms with Crippen molar-refractivity contribution in [3.8, 4) is 0 Å². The van der Waals surface area contributed by atoms with Gasteiger partial charge < -0.3 is 4.74 Å². The van der Waals surface area contributed by atoms with Crippen LogP contribution in [0.25, 0.3) is 0 Å². The van der Waals surface area contributed by atoms with Crippen LogP contribution >= 0.6 is 0 Å². The van der Waals surface area contributed by atoms with Gasteiger partial charge in [-0.1, -0.05) is 29.3 Å². The zero-order valence-corrected chi connectivity index (χ0v) is 12.1. The number of benzene rings is 1. The molecule has 0 amide bonds. The first-order valence-electron chi connectivity index (χ1n) is 7.05. The van der Waals surface area contributed by atoms with Gasteiger partial charge in [-0.2, -0.15) is 0 Å². The smallest absolute Gasteiger partial charge is 0.320 e. The Morgan fingerprint density at radius 1 is 1.26 bits per heavy atom. The van der Waals surface area contributed by atoms with E-state index in [1.165, 1.54) is 29.5 Å². The minimum absolute atomic E-state index is 0.112. The lowest BCUT2D eigenvalue weighted by atomic mass is 10.1. The van der Waals surface area contributed by atoms with Gasteiger partial charge in [0.05, 0.1) is 13.2 Å². The molecular weight excluding hydrogens is 238 g/mol. The van der Waals surface area contributed by atoms with Crippen molar-refractivity contribution in [1.29, 1.82) is 0 Å². The second kappa shape index (κ2) is 6.20. The van der Waals surface area contributed by atoms with Crippen LogP contribution in [-0.4, -0.2) is 30.1 Å². The molecule has 1 aliphatic carbocycles. The molecule has 3 heteroatoms. The highest BCUT2D eigenvalue weighted by atomic mass is 16.5. The number of rotatable bonds is 6. The van der Waals surface area contributed by atoms with Gasteiger partial charge in [0.1, 0.15) is 0 Å². The summed E-state index contributed by atoms with van der Waals surface area (Å²) in [5.74, 6) is -0.112. The van der Waals surface area contributed by atoms with E-state index in [1.807, 2.05) is 6.92 Å². The first-order chi connectivity index (χ1) is 9.08. The molecule has 0 spiro atoms. The van der Waals surface area contributed by atoms with E-state index >= 15 is 0 Å². The molecule has 0 aliphatic heterocycles. The average molecular weight is 261 g/mol. The molecule has 0 atom stereocenters. The van der Waals surface area contributed by atoms with Gasteiger partial charge in [-0.15, -0.1) is 0 Å². The highest BCUT2D eigenvalue weighted by molar-refractivity contribution is 5.71. The summed E-state index contributed by atoms with van der Waals surface area (Å²) in [7, 11) is 0. The third kappa shape index (κ3) is 4.35. The highest BCUT2D eigenvalue weighted by Crippen LogP contribution is 2.28. The first kappa shape index (κ1) is 14.1. The fourth-order valence-corrected chi connectivity index (χ4v) is 2.52. The Morgan fingerprint density at radius 3 is 2.42 bits per heavy atom. The van der Waals surface area contributed by atoms with E-state index < -0.39 is 0 Å². The first-order valence-corrected chi connectivity index (χ1v) is 7.05. The minimum atomic E-state index is -0.112. The van der Waals surface area contributed by atoms with Crippen LogP contribution in [0.5, 0.6) is 0 Å². The molecule has 0 N–H and O–H groups in total. The molecule has 3 nitrogen and oxygen atoms in total. The summed E-state index contributed by atoms with van der Waals surface area (Å²) in [4.78, 5) is 13.9. The normalized spacial score (nSPS) is 14.7. The molecular formula is C16H23NO2. The van der Waals surface area contributed by atoms with Gasteiger partial charge in [-0.25, -0.2) is 0 Å². The van der Waals surface area contributed by atoms with Crippen molar-refractivity contribution in [2.45, 2.75) is 46.2 Å². The van der Waals surface area contributed by atoms with Gasteiger partial charge >= 0.3 is 5.97 Å². The maximum atomic E-state index is 11.6. The Labute approximate surface area is 115 Å². The number of nitrogens with zero attached hydrogens (tertiary/aromatic N) is 1. The van der Waals surface area contributed by atoms with Gasteiger partial charge in [-0.05, 0) is 39.2 Å². The zero-order valence-electron chi connectivity index (χ0n) is 12.1. The lowest BCUT2D eigenvalue weighted by Crippen LogP contribution is -2.32. The van der Waals surface area contributed by atoms with Crippen molar-refractivity contribution in [3.05, 3.63) is 34.9 Å². The van der Waals surface area contributed by atoms with Gasteiger partial charge in [0.2, 0.25) is 0 Å². The van der Waals surface area contributed by atoms with Crippen molar-refractivity contribution < 1.29 is 9.53 Å². The van der Waals surface area contributed by atoms with Crippen molar-refractivity contribution >= 4 is 5.97 Å². The predicted octanol–water partition coefficient (Wildman–Crippen LogP) is 2.83. The van der Waals surface area contributed by atoms with Gasteiger partial charge in [-0.3, -0.25) is 9.69 Å². The van der Waals surface area contributed by atoms with Crippen LogP contribution < -0.4 is 0 Å². The lowest BCUT2D eigenvalue weighted by Gasteiger charge is -2.21. The third-order valence-corrected chi connectivity index (χ3v) is 3.37. The highest BCUT2D eigenvalue weighted by Gasteiger charge is 2.30. The summed E-state index contributed by atoms with van der Waals surface area (Å²) < 4.78 is 5.05. The summed E-state index contributed by atoms with van der Waals surface area (Å²) in [6.45, 7) is 7.79. The summed E-state index contributed by atoms with van der Waals surface area (Å²) >= 11 is 0. The van der Waals surface area contributed by atoms with Crippen molar-refractivity contribution in [2.24, 2.45) is 0 Å². The molecule has 19 heavy (non-hydrogen) atoms. The average Bonchev–Trinajstić information content (AvgIpc) is 3.10. The number of carbonyl (C=O) groups is 1. The zero-order chi connectivity index (χ0) is 13.8. The topological polar surface area (TPSA) is 29.5 Å². The minimum Gasteiger partial charge on any atom is -0.465 e. The molecule has 0 bridgehead atoms. The second-order valence-electron chi connectivity index (χ2n) is 5.44. The Balaban J connectivity index is 2.01. The summed E-state index contributed by atoms with van der Waals surface area (Å²) in [5, 5.41) is 0. The fourth-order valence-electron chi connectivity index (χ4n) is 2.52. The van der Waals surface area contributed by atoms with E-state index in [1.54, 1.807) is 0 Å². The van der Waals surface area contributed by atoms with Crippen LogP contribution in [0.4, 0.5) is 0 Å². The SMILES string of the molecule is CCOC(=O)CN(Cc1cc(C)cc(C)c1)C1CC1. The Hall–Kier alpha value is -1.35. The van der Waals surface area contributed by atoms with E-state index in [4.69, 9.17) is 4.74 Å². The number of aryl methyl sites for hydroxylation is 2. The molecule has 0 heterocycles. The number of hydrogen-bond acceptors (Lipinski definition) is 3. The van der Waals surface area contributed by atoms with Crippen molar-refractivity contribution in [3.63, 3.8) is 0 Å². The number of esters is 1. The molecule has 0 saturated heterocycles. The van der Waals surface area contributed by atoms with E-state index in [9.17, 15) is 4.79 Å². The third-order valence-electron chi connectivity index (χ3n) is 3.37. The van der Waals surface area contributed by atoms with Gasteiger partial charge in [0.25, 0.3) is 0 Å². The number of ether oxygens (including phenoxy) is 1. The molecule has 1 aromatic carbocycles. The Kier molecular flexibility index (Phi) is 4.59. The van der Waals surface area contributed by atoms with E-state index in [0.717, 1.165) is 6.54 Å². The second-order valence-corrected chi connectivity index (χ2v) is 5.44. The standard InChI is InChI=1S/C16H23NO2/c1-4-19-16(18)11-17(15-5-6-15)10-14-8-12(2)7-13(3)9-14/h7-9,15H,4-6,10-11H2,1-3H3. The maximum Gasteiger partial charge on any atom is 0.320 e. The number of hydrogen-bond donors (Lipinski definition) is 0. The van der Waals surface area contributed by atoms with Crippen LogP contribution in [0, 0.1) is 13.8 Å². The largest absolute Gasteiger partial charge is 0.465 e. The van der Waals surface area contributed by atoms with Crippen LogP contribution in [0.1, 0.15) is 36.5 Å². The van der Waals surface area contributed by atoms with E-state index in [2.05, 4.69) is 36.9 Å². The fraction of sp³-hybridized carbons (Fsp3) is 0.562. The maximum absolute atomic E-state index is 11.6. The molecule has 0 radical (unpaired) electrons. The Bertz CT molecular complexity index is 432. The molecule has 0 unspecified atom stereocenters. The van der Waals surface area contributed by atoms with E-state index in [0.29, 0.717) is 19.2 Å². The van der Waals surface area contributed by atoms with Crippen LogP contribution in [0.15, 0.2) is 18.2 Å². The van der Waals surface area contributed by atoms with Crippen LogP contribution in [0.2, 0.25) is 0 Å². The Morgan fingerprint density at radius 2 is 1.89 bits per heavy atom. The van der Waals surface area contributed by atoms with Crippen LogP contribution in [-0.2, 0) is 16.1 Å². The van der Waals surface area contributed by atoms with Gasteiger partial charge in [0, 0.05) is 12.6 Å². The molecule has 1 aromatic rings. The molecule has 2 rings (SSSR count). The molecule has 0 aromatic heterocycles. The molecule has 104 valence electrons. The monoisotopic (exact) mass is 261 g/mol. The quantitative estimate of drug-likeness (QED) is 0.737. The summed E-state index contributed by atoms with van der Waals surface area (Å²) in [5.41, 5.74) is 3.84. The number of carbonyl (C=O) groups excluding carboxylic acids is 1. The van der Waals surface area contributed by atoms with Crippen LogP contribution in [0.3, 0.4) is 0 Å². The van der Waals surface area contributed by atoms with E-state index in [-0.39, 0.29) is 5.97 Å². The molecule has 1 fully saturated rings. The molecule has 1 aliphatic rings. The summed E-state index contributed by atoms with van der Waals surface area (Å²) in [6, 6.07) is 7.14. The van der Waals surface area contributed by atoms with Gasteiger partial charge in [0.15, 0.2) is 0 Å².